The fourth-order valence-corrected chi connectivity index (χ4v) is 3.82. The standard InChI is InChI=1S/C20H15ClN3/c21-19-10-9-14(13-22-19)23-11-12-24-18-8-4-3-6-16(18)15-5-1-2-7-17(15)20(23)24/h1-10,13H,11-12H2/q+1. The molecular formula is C20H15ClN3+. The fraction of sp³-hybridized carbons (Fsp3) is 0.100. The Bertz CT molecular complexity index is 1070. The van der Waals surface area contributed by atoms with Crippen molar-refractivity contribution in [2.45, 2.75) is 6.54 Å². The molecule has 0 radical (unpaired) electrons. The molecule has 0 amide bonds. The van der Waals surface area contributed by atoms with Gasteiger partial charge in [-0.25, -0.2) is 14.5 Å². The van der Waals surface area contributed by atoms with E-state index in [2.05, 4.69) is 63.0 Å². The van der Waals surface area contributed by atoms with Crippen LogP contribution in [0.5, 0.6) is 0 Å². The van der Waals surface area contributed by atoms with Crippen LogP contribution in [-0.4, -0.2) is 11.5 Å². The molecule has 0 fully saturated rings. The molecule has 3 heterocycles. The highest BCUT2D eigenvalue weighted by Crippen LogP contribution is 2.35. The van der Waals surface area contributed by atoms with E-state index >= 15 is 0 Å². The van der Waals surface area contributed by atoms with Gasteiger partial charge in [-0.15, -0.1) is 0 Å². The molecular weight excluding hydrogens is 318 g/mol. The van der Waals surface area contributed by atoms with E-state index in [1.54, 1.807) is 0 Å². The van der Waals surface area contributed by atoms with Crippen LogP contribution in [0, 0.1) is 0 Å². The van der Waals surface area contributed by atoms with Crippen molar-refractivity contribution in [1.29, 1.82) is 0 Å². The molecule has 0 bridgehead atoms. The van der Waals surface area contributed by atoms with Crippen LogP contribution in [0.2, 0.25) is 5.15 Å². The summed E-state index contributed by atoms with van der Waals surface area (Å²) >= 11 is 5.96. The smallest absolute Gasteiger partial charge is 0.240 e. The minimum Gasteiger partial charge on any atom is -0.240 e. The Morgan fingerprint density at radius 2 is 1.62 bits per heavy atom. The molecule has 116 valence electrons. The van der Waals surface area contributed by atoms with Gasteiger partial charge in [-0.3, -0.25) is 0 Å². The largest absolute Gasteiger partial charge is 0.290 e. The average molecular weight is 333 g/mol. The van der Waals surface area contributed by atoms with Gasteiger partial charge in [-0.2, -0.15) is 0 Å². The van der Waals surface area contributed by atoms with E-state index in [4.69, 9.17) is 11.6 Å². The first-order chi connectivity index (χ1) is 11.8. The summed E-state index contributed by atoms with van der Waals surface area (Å²) in [6.45, 7) is 1.89. The highest BCUT2D eigenvalue weighted by atomic mass is 35.5. The zero-order chi connectivity index (χ0) is 16.1. The van der Waals surface area contributed by atoms with Gasteiger partial charge in [0.1, 0.15) is 29.4 Å². The van der Waals surface area contributed by atoms with Crippen LogP contribution in [0.4, 0.5) is 11.5 Å². The Kier molecular flexibility index (Phi) is 2.97. The van der Waals surface area contributed by atoms with Crippen molar-refractivity contribution in [3.8, 4) is 0 Å². The molecule has 0 N–H and O–H groups in total. The zero-order valence-corrected chi connectivity index (χ0v) is 13.7. The van der Waals surface area contributed by atoms with Crippen LogP contribution in [0.15, 0.2) is 66.9 Å². The zero-order valence-electron chi connectivity index (χ0n) is 13.0. The Balaban J connectivity index is 1.86. The van der Waals surface area contributed by atoms with Crippen molar-refractivity contribution in [3.05, 3.63) is 72.0 Å². The number of aromatic nitrogens is 2. The Morgan fingerprint density at radius 1 is 0.875 bits per heavy atom. The lowest BCUT2D eigenvalue weighted by molar-refractivity contribution is -0.643. The first-order valence-corrected chi connectivity index (χ1v) is 8.43. The van der Waals surface area contributed by atoms with Crippen molar-refractivity contribution >= 4 is 44.8 Å². The molecule has 1 aliphatic heterocycles. The van der Waals surface area contributed by atoms with Gasteiger partial charge < -0.3 is 0 Å². The molecule has 0 spiro atoms. The molecule has 2 aromatic heterocycles. The molecule has 2 aromatic carbocycles. The Labute approximate surface area is 144 Å². The fourth-order valence-electron chi connectivity index (χ4n) is 3.71. The number of hydrogen-bond donors (Lipinski definition) is 0. The van der Waals surface area contributed by atoms with Gasteiger partial charge in [0.15, 0.2) is 0 Å². The van der Waals surface area contributed by atoms with Gasteiger partial charge >= 0.3 is 0 Å². The maximum atomic E-state index is 5.96. The summed E-state index contributed by atoms with van der Waals surface area (Å²) in [5.41, 5.74) is 2.35. The topological polar surface area (TPSA) is 20.0 Å². The highest BCUT2D eigenvalue weighted by molar-refractivity contribution is 6.29. The maximum Gasteiger partial charge on any atom is 0.290 e. The summed E-state index contributed by atoms with van der Waals surface area (Å²) in [7, 11) is 0. The third kappa shape index (κ3) is 1.91. The second-order valence-corrected chi connectivity index (χ2v) is 6.42. The number of halogens is 1. The van der Waals surface area contributed by atoms with E-state index in [0.29, 0.717) is 5.15 Å². The van der Waals surface area contributed by atoms with E-state index in [0.717, 1.165) is 18.8 Å². The van der Waals surface area contributed by atoms with Gasteiger partial charge in [0.2, 0.25) is 0 Å². The number of rotatable bonds is 1. The molecule has 0 unspecified atom stereocenters. The molecule has 0 atom stereocenters. The van der Waals surface area contributed by atoms with Gasteiger partial charge in [-0.1, -0.05) is 48.0 Å². The number of pyridine rings is 2. The highest BCUT2D eigenvalue weighted by Gasteiger charge is 2.33. The summed E-state index contributed by atoms with van der Waals surface area (Å²) in [6.07, 6.45) is 1.85. The Hall–Kier alpha value is -2.65. The van der Waals surface area contributed by atoms with Crippen molar-refractivity contribution in [1.82, 2.24) is 4.98 Å². The van der Waals surface area contributed by atoms with Gasteiger partial charge in [0, 0.05) is 10.8 Å². The number of anilines is 2. The van der Waals surface area contributed by atoms with Gasteiger partial charge in [0.25, 0.3) is 5.82 Å². The third-order valence-electron chi connectivity index (χ3n) is 4.73. The van der Waals surface area contributed by atoms with Crippen LogP contribution in [-0.2, 0) is 6.54 Å². The monoisotopic (exact) mass is 332 g/mol. The third-order valence-corrected chi connectivity index (χ3v) is 4.96. The minimum atomic E-state index is 0.522. The van der Waals surface area contributed by atoms with Crippen LogP contribution in [0.25, 0.3) is 21.7 Å². The Morgan fingerprint density at radius 3 is 2.42 bits per heavy atom. The van der Waals surface area contributed by atoms with E-state index in [-0.39, 0.29) is 0 Å². The average Bonchev–Trinajstić information content (AvgIpc) is 3.08. The first kappa shape index (κ1) is 13.8. The second-order valence-electron chi connectivity index (χ2n) is 6.03. The maximum absolute atomic E-state index is 5.96. The summed E-state index contributed by atoms with van der Waals surface area (Å²) in [5.74, 6) is 1.23. The molecule has 0 aliphatic carbocycles. The van der Waals surface area contributed by atoms with E-state index in [1.165, 1.54) is 27.5 Å². The summed E-state index contributed by atoms with van der Waals surface area (Å²) in [5, 5.41) is 4.37. The van der Waals surface area contributed by atoms with E-state index in [9.17, 15) is 0 Å². The van der Waals surface area contributed by atoms with Crippen molar-refractivity contribution in [3.63, 3.8) is 0 Å². The number of hydrogen-bond acceptors (Lipinski definition) is 2. The molecule has 5 rings (SSSR count). The second kappa shape index (κ2) is 5.18. The minimum absolute atomic E-state index is 0.522. The predicted molar refractivity (Wildman–Crippen MR) is 97.9 cm³/mol. The molecule has 0 saturated heterocycles. The lowest BCUT2D eigenvalue weighted by atomic mass is 10.1. The summed E-state index contributed by atoms with van der Waals surface area (Å²) in [6, 6.07) is 21.1. The number of para-hydroxylation sites is 1. The van der Waals surface area contributed by atoms with Crippen LogP contribution < -0.4 is 9.47 Å². The number of benzene rings is 2. The molecule has 0 saturated carbocycles. The van der Waals surface area contributed by atoms with Crippen LogP contribution >= 0.6 is 11.6 Å². The van der Waals surface area contributed by atoms with Crippen molar-refractivity contribution < 1.29 is 4.57 Å². The van der Waals surface area contributed by atoms with E-state index in [1.807, 2.05) is 18.3 Å². The van der Waals surface area contributed by atoms with Crippen LogP contribution in [0.1, 0.15) is 0 Å². The SMILES string of the molecule is Clc1ccc(N2CC[n+]3c2c2ccccc2c2ccccc23)cn1. The first-order valence-electron chi connectivity index (χ1n) is 8.05. The summed E-state index contributed by atoms with van der Waals surface area (Å²) < 4.78 is 2.41. The molecule has 4 heteroatoms. The van der Waals surface area contributed by atoms with Gasteiger partial charge in [0.05, 0.1) is 11.6 Å². The van der Waals surface area contributed by atoms with Crippen molar-refractivity contribution in [2.24, 2.45) is 0 Å². The van der Waals surface area contributed by atoms with Crippen molar-refractivity contribution in [2.75, 3.05) is 11.4 Å². The predicted octanol–water partition coefficient (Wildman–Crippen LogP) is 4.48. The normalized spacial score (nSPS) is 13.6. The van der Waals surface area contributed by atoms with Gasteiger partial charge in [-0.05, 0) is 24.3 Å². The number of fused-ring (bicyclic) bond motifs is 6. The van der Waals surface area contributed by atoms with Crippen LogP contribution in [0.3, 0.4) is 0 Å². The molecule has 24 heavy (non-hydrogen) atoms. The lowest BCUT2D eigenvalue weighted by Crippen LogP contribution is -2.32. The number of nitrogens with zero attached hydrogens (tertiary/aromatic N) is 3. The lowest BCUT2D eigenvalue weighted by Gasteiger charge is -2.13. The molecule has 3 nitrogen and oxygen atoms in total. The summed E-state index contributed by atoms with van der Waals surface area (Å²) in [4.78, 5) is 6.58. The molecule has 1 aliphatic rings. The quantitative estimate of drug-likeness (QED) is 0.291. The molecule has 4 aromatic rings. The van der Waals surface area contributed by atoms with E-state index < -0.39 is 0 Å².